The molecule has 0 fully saturated rings. The maximum atomic E-state index is 13.8. The standard InChI is InChI=1S/C22H16FN5O/c23-15-6-7-18-17(14-15)19(8-11-26-18)28-20(9-13-27-28)22(24)21(29)10-12-25-16-4-2-1-3-5-16/h1-14,24-25H/b12-10-,24-22?. The molecule has 4 aromatic rings. The number of carbonyl (C=O) groups is 1. The van der Waals surface area contributed by atoms with Crippen molar-refractivity contribution in [2.75, 3.05) is 5.32 Å². The Bertz CT molecular complexity index is 1230. The molecular weight excluding hydrogens is 369 g/mol. The predicted molar refractivity (Wildman–Crippen MR) is 110 cm³/mol. The normalized spacial score (nSPS) is 11.1. The van der Waals surface area contributed by atoms with E-state index < -0.39 is 11.6 Å². The van der Waals surface area contributed by atoms with Gasteiger partial charge in [-0.25, -0.2) is 9.07 Å². The second-order valence-corrected chi connectivity index (χ2v) is 6.20. The molecule has 2 aromatic carbocycles. The van der Waals surface area contributed by atoms with Gasteiger partial charge in [-0.05, 0) is 42.5 Å². The van der Waals surface area contributed by atoms with Crippen LogP contribution in [0.5, 0.6) is 0 Å². The summed E-state index contributed by atoms with van der Waals surface area (Å²) < 4.78 is 15.2. The summed E-state index contributed by atoms with van der Waals surface area (Å²) in [6.07, 6.45) is 5.85. The third-order valence-electron chi connectivity index (χ3n) is 4.31. The maximum Gasteiger partial charge on any atom is 0.207 e. The number of carbonyl (C=O) groups excluding carboxylic acids is 1. The quantitative estimate of drug-likeness (QED) is 0.386. The van der Waals surface area contributed by atoms with Gasteiger partial charge in [0.2, 0.25) is 5.78 Å². The average Bonchev–Trinajstić information content (AvgIpc) is 3.23. The largest absolute Gasteiger partial charge is 0.362 e. The lowest BCUT2D eigenvalue weighted by atomic mass is 10.1. The van der Waals surface area contributed by atoms with Crippen LogP contribution in [-0.4, -0.2) is 26.3 Å². The van der Waals surface area contributed by atoms with Gasteiger partial charge in [-0.15, -0.1) is 0 Å². The Morgan fingerprint density at radius 2 is 1.90 bits per heavy atom. The van der Waals surface area contributed by atoms with Crippen LogP contribution in [0, 0.1) is 11.2 Å². The molecule has 0 unspecified atom stereocenters. The minimum absolute atomic E-state index is 0.227. The molecule has 142 valence electrons. The maximum absolute atomic E-state index is 13.8. The van der Waals surface area contributed by atoms with Crippen LogP contribution in [0.15, 0.2) is 85.3 Å². The van der Waals surface area contributed by atoms with Crippen LogP contribution < -0.4 is 5.32 Å². The molecule has 0 aliphatic rings. The number of fused-ring (bicyclic) bond motifs is 1. The summed E-state index contributed by atoms with van der Waals surface area (Å²) in [5.41, 5.74) is 2.04. The van der Waals surface area contributed by atoms with E-state index in [9.17, 15) is 9.18 Å². The van der Waals surface area contributed by atoms with Crippen molar-refractivity contribution < 1.29 is 9.18 Å². The first kappa shape index (κ1) is 18.2. The Balaban J connectivity index is 1.62. The number of nitrogens with zero attached hydrogens (tertiary/aromatic N) is 3. The first-order chi connectivity index (χ1) is 14.1. The van der Waals surface area contributed by atoms with E-state index in [1.807, 2.05) is 30.3 Å². The lowest BCUT2D eigenvalue weighted by Gasteiger charge is -2.10. The molecule has 0 saturated carbocycles. The van der Waals surface area contributed by atoms with Crippen molar-refractivity contribution >= 4 is 28.1 Å². The smallest absolute Gasteiger partial charge is 0.207 e. The average molecular weight is 385 g/mol. The molecule has 0 atom stereocenters. The zero-order valence-electron chi connectivity index (χ0n) is 15.2. The minimum Gasteiger partial charge on any atom is -0.362 e. The summed E-state index contributed by atoms with van der Waals surface area (Å²) in [6, 6.07) is 16.9. The number of allylic oxidation sites excluding steroid dienone is 1. The van der Waals surface area contributed by atoms with Gasteiger partial charge in [0.25, 0.3) is 0 Å². The van der Waals surface area contributed by atoms with Crippen molar-refractivity contribution in [1.29, 1.82) is 5.41 Å². The first-order valence-corrected chi connectivity index (χ1v) is 8.83. The number of halogens is 1. The van der Waals surface area contributed by atoms with Gasteiger partial charge in [-0.2, -0.15) is 5.10 Å². The van der Waals surface area contributed by atoms with Gasteiger partial charge in [0.15, 0.2) is 0 Å². The fraction of sp³-hybridized carbons (Fsp3) is 0. The summed E-state index contributed by atoms with van der Waals surface area (Å²) >= 11 is 0. The highest BCUT2D eigenvalue weighted by atomic mass is 19.1. The van der Waals surface area contributed by atoms with E-state index in [-0.39, 0.29) is 5.71 Å². The lowest BCUT2D eigenvalue weighted by molar-refractivity contribution is -0.108. The van der Waals surface area contributed by atoms with E-state index in [0.29, 0.717) is 22.3 Å². The van der Waals surface area contributed by atoms with E-state index in [1.54, 1.807) is 24.4 Å². The molecule has 29 heavy (non-hydrogen) atoms. The van der Waals surface area contributed by atoms with E-state index in [1.165, 1.54) is 35.3 Å². The Morgan fingerprint density at radius 1 is 1.07 bits per heavy atom. The van der Waals surface area contributed by atoms with E-state index in [4.69, 9.17) is 5.41 Å². The van der Waals surface area contributed by atoms with Crippen molar-refractivity contribution in [3.63, 3.8) is 0 Å². The highest BCUT2D eigenvalue weighted by Gasteiger charge is 2.17. The Morgan fingerprint density at radius 3 is 2.72 bits per heavy atom. The van der Waals surface area contributed by atoms with Crippen LogP contribution in [0.1, 0.15) is 5.69 Å². The third-order valence-corrected chi connectivity index (χ3v) is 4.31. The predicted octanol–water partition coefficient (Wildman–Crippen LogP) is 4.12. The van der Waals surface area contributed by atoms with Gasteiger partial charge in [-0.1, -0.05) is 18.2 Å². The van der Waals surface area contributed by atoms with Gasteiger partial charge < -0.3 is 5.32 Å². The molecule has 2 N–H and O–H groups in total. The third kappa shape index (κ3) is 3.79. The van der Waals surface area contributed by atoms with Crippen LogP contribution in [0.3, 0.4) is 0 Å². The first-order valence-electron chi connectivity index (χ1n) is 8.83. The molecule has 0 aliphatic heterocycles. The monoisotopic (exact) mass is 385 g/mol. The van der Waals surface area contributed by atoms with E-state index in [0.717, 1.165) is 5.69 Å². The molecule has 0 saturated heterocycles. The Labute approximate surface area is 165 Å². The Hall–Kier alpha value is -4.13. The van der Waals surface area contributed by atoms with Crippen molar-refractivity contribution in [3.8, 4) is 5.69 Å². The number of benzene rings is 2. The number of hydrogen-bond acceptors (Lipinski definition) is 5. The molecular formula is C22H16FN5O. The zero-order valence-corrected chi connectivity index (χ0v) is 15.2. The highest BCUT2D eigenvalue weighted by Crippen LogP contribution is 2.22. The number of rotatable bonds is 6. The molecule has 2 heterocycles. The number of hydrogen-bond donors (Lipinski definition) is 2. The van der Waals surface area contributed by atoms with Crippen LogP contribution in [0.2, 0.25) is 0 Å². The van der Waals surface area contributed by atoms with Gasteiger partial charge in [0, 0.05) is 29.5 Å². The summed E-state index contributed by atoms with van der Waals surface area (Å²) in [4.78, 5) is 16.7. The fourth-order valence-corrected chi connectivity index (χ4v) is 2.93. The summed E-state index contributed by atoms with van der Waals surface area (Å²) in [5.74, 6) is -0.888. The van der Waals surface area contributed by atoms with Crippen molar-refractivity contribution in [2.45, 2.75) is 0 Å². The van der Waals surface area contributed by atoms with Gasteiger partial charge >= 0.3 is 0 Å². The summed E-state index contributed by atoms with van der Waals surface area (Å²) in [5, 5.41) is 16.1. The molecule has 0 bridgehead atoms. The number of ketones is 1. The van der Waals surface area contributed by atoms with Crippen LogP contribution >= 0.6 is 0 Å². The molecule has 0 amide bonds. The number of para-hydroxylation sites is 1. The molecule has 2 aromatic heterocycles. The second-order valence-electron chi connectivity index (χ2n) is 6.20. The zero-order chi connectivity index (χ0) is 20.2. The number of aromatic nitrogens is 3. The number of nitrogens with one attached hydrogen (secondary N) is 2. The minimum atomic E-state index is -0.486. The fourth-order valence-electron chi connectivity index (χ4n) is 2.93. The van der Waals surface area contributed by atoms with E-state index in [2.05, 4.69) is 15.4 Å². The SMILES string of the molecule is N=C(C(=O)/C=C\Nc1ccccc1)c1ccnn1-c1ccnc2ccc(F)cc12. The molecule has 0 aliphatic carbocycles. The van der Waals surface area contributed by atoms with Crippen molar-refractivity contribution in [2.24, 2.45) is 0 Å². The molecule has 6 nitrogen and oxygen atoms in total. The topological polar surface area (TPSA) is 83.7 Å². The van der Waals surface area contributed by atoms with Crippen LogP contribution in [-0.2, 0) is 4.79 Å². The highest BCUT2D eigenvalue weighted by molar-refractivity contribution is 6.48. The Kier molecular flexibility index (Phi) is 4.94. The van der Waals surface area contributed by atoms with Crippen LogP contribution in [0.25, 0.3) is 16.6 Å². The van der Waals surface area contributed by atoms with Gasteiger partial charge in [-0.3, -0.25) is 15.2 Å². The second kappa shape index (κ2) is 7.85. The van der Waals surface area contributed by atoms with Gasteiger partial charge in [0.1, 0.15) is 11.5 Å². The van der Waals surface area contributed by atoms with Crippen molar-refractivity contribution in [1.82, 2.24) is 14.8 Å². The van der Waals surface area contributed by atoms with Crippen molar-refractivity contribution in [3.05, 3.63) is 96.8 Å². The van der Waals surface area contributed by atoms with E-state index >= 15 is 0 Å². The molecule has 4 rings (SSSR count). The summed E-state index contributed by atoms with van der Waals surface area (Å²) in [6.45, 7) is 0. The molecule has 7 heteroatoms. The van der Waals surface area contributed by atoms with Gasteiger partial charge in [0.05, 0.1) is 23.1 Å². The van der Waals surface area contributed by atoms with Crippen LogP contribution in [0.4, 0.5) is 10.1 Å². The number of pyridine rings is 1. The lowest BCUT2D eigenvalue weighted by Crippen LogP contribution is -2.17. The number of anilines is 1. The summed E-state index contributed by atoms with van der Waals surface area (Å²) in [7, 11) is 0. The molecule has 0 spiro atoms. The molecule has 0 radical (unpaired) electrons.